The molecule has 0 aliphatic carbocycles. The quantitative estimate of drug-likeness (QED) is 0.428. The van der Waals surface area contributed by atoms with Crippen molar-refractivity contribution in [2.75, 3.05) is 6.54 Å². The number of amides is 2. The number of hydrogen-bond donors (Lipinski definition) is 5. The predicted octanol–water partition coefficient (Wildman–Crippen LogP) is 1.09. The molecule has 0 saturated carbocycles. The number of aliphatic hydroxyl groups is 1. The van der Waals surface area contributed by atoms with Crippen LogP contribution in [0.4, 0.5) is 4.79 Å². The van der Waals surface area contributed by atoms with E-state index in [2.05, 4.69) is 15.5 Å². The molecular formula is C20H27N5O6. The summed E-state index contributed by atoms with van der Waals surface area (Å²) in [6.45, 7) is 1.83. The molecule has 1 aliphatic heterocycles. The molecular weight excluding hydrogens is 406 g/mol. The van der Waals surface area contributed by atoms with E-state index in [1.807, 2.05) is 0 Å². The smallest absolute Gasteiger partial charge is 0.326 e. The summed E-state index contributed by atoms with van der Waals surface area (Å²) in [6.07, 6.45) is 1.19. The third-order valence-corrected chi connectivity index (χ3v) is 5.30. The van der Waals surface area contributed by atoms with Crippen LogP contribution in [0.2, 0.25) is 0 Å². The lowest BCUT2D eigenvalue weighted by Crippen LogP contribution is -2.52. The molecule has 1 aliphatic rings. The molecule has 3 rings (SSSR count). The van der Waals surface area contributed by atoms with Crippen LogP contribution in [0.25, 0.3) is 0 Å². The minimum Gasteiger partial charge on any atom is -0.508 e. The third kappa shape index (κ3) is 5.50. The van der Waals surface area contributed by atoms with Gasteiger partial charge in [-0.25, -0.2) is 9.59 Å². The van der Waals surface area contributed by atoms with Crippen LogP contribution < -0.4 is 11.1 Å². The largest absolute Gasteiger partial charge is 0.508 e. The van der Waals surface area contributed by atoms with Gasteiger partial charge in [0.25, 0.3) is 0 Å². The number of aromatic nitrogens is 2. The lowest BCUT2D eigenvalue weighted by Gasteiger charge is -2.33. The Hall–Kier alpha value is -3.18. The molecule has 0 bridgehead atoms. The molecule has 2 amide bonds. The van der Waals surface area contributed by atoms with Gasteiger partial charge in [0.15, 0.2) is 5.82 Å². The first-order valence-corrected chi connectivity index (χ1v) is 10.1. The van der Waals surface area contributed by atoms with Crippen LogP contribution in [-0.4, -0.2) is 61.1 Å². The summed E-state index contributed by atoms with van der Waals surface area (Å²) in [5.74, 6) is -0.773. The first-order chi connectivity index (χ1) is 14.8. The number of piperidine rings is 1. The Morgan fingerprint density at radius 2 is 2.03 bits per heavy atom. The van der Waals surface area contributed by atoms with E-state index in [9.17, 15) is 24.9 Å². The summed E-state index contributed by atoms with van der Waals surface area (Å²) in [6, 6.07) is 3.34. The predicted molar refractivity (Wildman–Crippen MR) is 108 cm³/mol. The minimum absolute atomic E-state index is 0.0800. The number of benzene rings is 1. The van der Waals surface area contributed by atoms with E-state index in [-0.39, 0.29) is 23.9 Å². The molecule has 0 spiro atoms. The van der Waals surface area contributed by atoms with E-state index in [4.69, 9.17) is 10.3 Å². The molecule has 31 heavy (non-hydrogen) atoms. The number of nitrogens with two attached hydrogens (primary N) is 1. The summed E-state index contributed by atoms with van der Waals surface area (Å²) in [7, 11) is 0. The van der Waals surface area contributed by atoms with Crippen LogP contribution in [0.15, 0.2) is 28.8 Å². The molecule has 2 aromatic rings. The molecule has 11 heteroatoms. The van der Waals surface area contributed by atoms with Gasteiger partial charge in [-0.05, 0) is 43.9 Å². The summed E-state index contributed by atoms with van der Waals surface area (Å²) >= 11 is 0. The normalized spacial score (nSPS) is 19.5. The van der Waals surface area contributed by atoms with Gasteiger partial charge in [0.05, 0.1) is 12.1 Å². The number of urea groups is 1. The fourth-order valence-corrected chi connectivity index (χ4v) is 3.47. The second-order valence-corrected chi connectivity index (χ2v) is 7.67. The number of carboxylic acid groups (broad SMARTS) is 1. The van der Waals surface area contributed by atoms with Gasteiger partial charge in [0.2, 0.25) is 5.89 Å². The molecule has 1 unspecified atom stereocenters. The average molecular weight is 433 g/mol. The number of nitrogens with one attached hydrogen (secondary N) is 1. The average Bonchev–Trinajstić information content (AvgIpc) is 3.24. The lowest BCUT2D eigenvalue weighted by atomic mass is 10.0. The van der Waals surface area contributed by atoms with Gasteiger partial charge in [-0.2, -0.15) is 4.98 Å². The van der Waals surface area contributed by atoms with Gasteiger partial charge in [0, 0.05) is 13.0 Å². The number of carbonyl (C=O) groups is 2. The summed E-state index contributed by atoms with van der Waals surface area (Å²) < 4.78 is 5.31. The van der Waals surface area contributed by atoms with Crippen molar-refractivity contribution in [1.29, 1.82) is 0 Å². The van der Waals surface area contributed by atoms with E-state index in [1.165, 1.54) is 24.0 Å². The van der Waals surface area contributed by atoms with Gasteiger partial charge in [-0.1, -0.05) is 17.3 Å². The van der Waals surface area contributed by atoms with Crippen molar-refractivity contribution >= 4 is 12.0 Å². The maximum Gasteiger partial charge on any atom is 0.326 e. The highest BCUT2D eigenvalue weighted by Gasteiger charge is 2.34. The SMILES string of the molecule is CC(O)[C@H](N)c1noc([C@H](Cc2ccc(O)cc2)NC(=O)N2CCCC[C@H]2C(=O)O)n1. The zero-order valence-corrected chi connectivity index (χ0v) is 17.1. The molecule has 1 fully saturated rings. The van der Waals surface area contributed by atoms with E-state index in [1.54, 1.807) is 12.1 Å². The highest BCUT2D eigenvalue weighted by Crippen LogP contribution is 2.23. The maximum atomic E-state index is 12.9. The molecule has 1 aromatic carbocycles. The van der Waals surface area contributed by atoms with Crippen LogP contribution in [0.1, 0.15) is 55.5 Å². The van der Waals surface area contributed by atoms with Crippen LogP contribution >= 0.6 is 0 Å². The number of aromatic hydroxyl groups is 1. The van der Waals surface area contributed by atoms with E-state index in [0.29, 0.717) is 19.4 Å². The van der Waals surface area contributed by atoms with Crippen molar-refractivity contribution in [3.05, 3.63) is 41.5 Å². The number of aliphatic carboxylic acids is 1. The summed E-state index contributed by atoms with van der Waals surface area (Å²) in [5, 5.41) is 35.3. The Kier molecular flexibility index (Phi) is 7.08. The minimum atomic E-state index is -1.05. The van der Waals surface area contributed by atoms with Crippen molar-refractivity contribution in [1.82, 2.24) is 20.4 Å². The Balaban J connectivity index is 1.84. The Bertz CT molecular complexity index is 900. The molecule has 168 valence electrons. The van der Waals surface area contributed by atoms with Gasteiger partial charge in [-0.3, -0.25) is 0 Å². The van der Waals surface area contributed by atoms with Crippen molar-refractivity contribution < 1.29 is 29.4 Å². The molecule has 1 aromatic heterocycles. The van der Waals surface area contributed by atoms with Gasteiger partial charge in [-0.15, -0.1) is 0 Å². The number of rotatable bonds is 7. The number of carbonyl (C=O) groups excluding carboxylic acids is 1. The Morgan fingerprint density at radius 3 is 2.68 bits per heavy atom. The number of likely N-dealkylation sites (tertiary alicyclic amines) is 1. The number of carboxylic acids is 1. The van der Waals surface area contributed by atoms with Crippen LogP contribution in [0.5, 0.6) is 5.75 Å². The summed E-state index contributed by atoms with van der Waals surface area (Å²) in [4.78, 5) is 30.0. The topological polar surface area (TPSA) is 175 Å². The zero-order valence-electron chi connectivity index (χ0n) is 17.1. The molecule has 4 atom stereocenters. The molecule has 1 saturated heterocycles. The molecule has 2 heterocycles. The monoisotopic (exact) mass is 433 g/mol. The zero-order chi connectivity index (χ0) is 22.5. The highest BCUT2D eigenvalue weighted by atomic mass is 16.5. The van der Waals surface area contributed by atoms with Crippen LogP contribution in [0, 0.1) is 0 Å². The van der Waals surface area contributed by atoms with Crippen LogP contribution in [-0.2, 0) is 11.2 Å². The van der Waals surface area contributed by atoms with Crippen molar-refractivity contribution in [2.45, 2.75) is 56.8 Å². The second-order valence-electron chi connectivity index (χ2n) is 7.67. The van der Waals surface area contributed by atoms with Gasteiger partial charge < -0.3 is 35.8 Å². The van der Waals surface area contributed by atoms with Crippen molar-refractivity contribution in [2.24, 2.45) is 5.73 Å². The number of nitrogens with zero attached hydrogens (tertiary/aromatic N) is 3. The number of phenols is 1. The van der Waals surface area contributed by atoms with E-state index >= 15 is 0 Å². The van der Waals surface area contributed by atoms with E-state index < -0.39 is 36.2 Å². The van der Waals surface area contributed by atoms with Gasteiger partial charge >= 0.3 is 12.0 Å². The van der Waals surface area contributed by atoms with Crippen LogP contribution in [0.3, 0.4) is 0 Å². The highest BCUT2D eigenvalue weighted by molar-refractivity contribution is 5.83. The third-order valence-electron chi connectivity index (χ3n) is 5.30. The van der Waals surface area contributed by atoms with Crippen molar-refractivity contribution in [3.8, 4) is 5.75 Å². The fourth-order valence-electron chi connectivity index (χ4n) is 3.47. The fraction of sp³-hybridized carbons (Fsp3) is 0.500. The maximum absolute atomic E-state index is 12.9. The standard InChI is InChI=1S/C20H27N5O6/c1-11(26)16(21)17-23-18(31-24-17)14(10-12-5-7-13(27)8-6-12)22-20(30)25-9-3-2-4-15(25)19(28)29/h5-8,11,14-16,26-27H,2-4,9-10,21H2,1H3,(H,22,30)(H,28,29)/t11?,14-,15-,16-/m0/s1. The first-order valence-electron chi connectivity index (χ1n) is 10.1. The molecule has 11 nitrogen and oxygen atoms in total. The van der Waals surface area contributed by atoms with Crippen molar-refractivity contribution in [3.63, 3.8) is 0 Å². The lowest BCUT2D eigenvalue weighted by molar-refractivity contribution is -0.143. The Morgan fingerprint density at radius 1 is 1.32 bits per heavy atom. The molecule has 6 N–H and O–H groups in total. The Labute approximate surface area is 178 Å². The number of hydrogen-bond acceptors (Lipinski definition) is 8. The number of phenolic OH excluding ortho intramolecular Hbond substituents is 1. The first kappa shape index (κ1) is 22.5. The van der Waals surface area contributed by atoms with E-state index in [0.717, 1.165) is 12.0 Å². The van der Waals surface area contributed by atoms with Gasteiger partial charge in [0.1, 0.15) is 17.8 Å². The summed E-state index contributed by atoms with van der Waals surface area (Å²) in [5.41, 5.74) is 6.64. The molecule has 0 radical (unpaired) electrons. The second kappa shape index (κ2) is 9.75. The number of aliphatic hydroxyl groups excluding tert-OH is 1.